The predicted molar refractivity (Wildman–Crippen MR) is 99.4 cm³/mol. The minimum Gasteiger partial charge on any atom is -0.399 e. The van der Waals surface area contributed by atoms with Gasteiger partial charge in [-0.25, -0.2) is 9.97 Å². The van der Waals surface area contributed by atoms with Crippen LogP contribution >= 0.6 is 11.3 Å². The second-order valence-electron chi connectivity index (χ2n) is 6.28. The zero-order chi connectivity index (χ0) is 17.4. The van der Waals surface area contributed by atoms with E-state index in [0.29, 0.717) is 18.1 Å². The van der Waals surface area contributed by atoms with Gasteiger partial charge < -0.3 is 10.7 Å². The predicted octanol–water partition coefficient (Wildman–Crippen LogP) is 2.34. The summed E-state index contributed by atoms with van der Waals surface area (Å²) in [4.78, 5) is 28.0. The lowest BCUT2D eigenvalue weighted by Crippen LogP contribution is -2.35. The van der Waals surface area contributed by atoms with E-state index in [-0.39, 0.29) is 5.56 Å². The Kier molecular flexibility index (Phi) is 4.10. The lowest BCUT2D eigenvalue weighted by Gasteiger charge is -2.27. The quantitative estimate of drug-likeness (QED) is 0.706. The van der Waals surface area contributed by atoms with E-state index in [2.05, 4.69) is 14.9 Å². The molecular weight excluding hydrogens is 334 g/mol. The Morgan fingerprint density at radius 3 is 2.84 bits per heavy atom. The van der Waals surface area contributed by atoms with Crippen molar-refractivity contribution in [2.75, 3.05) is 12.3 Å². The van der Waals surface area contributed by atoms with Gasteiger partial charge >= 0.3 is 0 Å². The molecule has 3 N–H and O–H groups in total. The van der Waals surface area contributed by atoms with Gasteiger partial charge in [-0.05, 0) is 37.6 Å². The Hall–Kier alpha value is -2.51. The number of anilines is 1. The molecule has 3 heterocycles. The first-order valence-electron chi connectivity index (χ1n) is 8.19. The summed E-state index contributed by atoms with van der Waals surface area (Å²) in [5.41, 5.74) is 11.9. The van der Waals surface area contributed by atoms with Crippen molar-refractivity contribution in [2.45, 2.75) is 26.4 Å². The van der Waals surface area contributed by atoms with Crippen LogP contribution in [-0.2, 0) is 19.5 Å². The average Bonchev–Trinajstić information content (AvgIpc) is 3.00. The first-order valence-corrected chi connectivity index (χ1v) is 9.07. The van der Waals surface area contributed by atoms with Gasteiger partial charge in [0.25, 0.3) is 5.56 Å². The van der Waals surface area contributed by atoms with Crippen molar-refractivity contribution >= 4 is 17.0 Å². The summed E-state index contributed by atoms with van der Waals surface area (Å²) in [6.07, 6.45) is 0.720. The molecule has 0 saturated carbocycles. The van der Waals surface area contributed by atoms with Crippen molar-refractivity contribution in [3.05, 3.63) is 62.0 Å². The summed E-state index contributed by atoms with van der Waals surface area (Å²) in [5.74, 6) is 0.597. The van der Waals surface area contributed by atoms with Gasteiger partial charge in [-0.15, -0.1) is 11.3 Å². The van der Waals surface area contributed by atoms with Crippen LogP contribution in [0.2, 0.25) is 0 Å². The molecule has 2 aromatic heterocycles. The average molecular weight is 353 g/mol. The third kappa shape index (κ3) is 3.20. The summed E-state index contributed by atoms with van der Waals surface area (Å²) in [6.45, 7) is 4.42. The molecular formula is C18H19N5OS. The number of nitrogens with zero attached hydrogens (tertiary/aromatic N) is 3. The molecule has 0 saturated heterocycles. The van der Waals surface area contributed by atoms with E-state index < -0.39 is 0 Å². The van der Waals surface area contributed by atoms with Crippen molar-refractivity contribution in [1.29, 1.82) is 0 Å². The smallest absolute Gasteiger partial charge is 0.254 e. The molecule has 1 aromatic carbocycles. The molecule has 0 amide bonds. The fourth-order valence-electron chi connectivity index (χ4n) is 3.09. The van der Waals surface area contributed by atoms with Crippen molar-refractivity contribution in [3.8, 4) is 11.4 Å². The first-order chi connectivity index (χ1) is 12.1. The standard InChI is InChI=1S/C18H19N5OS/c1-11-16(25-10-20-11)9-23-7-6-14-15(8-23)21-17(22-18(14)24)12-2-4-13(19)5-3-12/h2-5,10H,6-9,19H2,1H3,(H,21,22,24). The number of fused-ring (bicyclic) bond motifs is 1. The highest BCUT2D eigenvalue weighted by Gasteiger charge is 2.22. The lowest BCUT2D eigenvalue weighted by molar-refractivity contribution is 0.242. The van der Waals surface area contributed by atoms with E-state index in [1.165, 1.54) is 4.88 Å². The van der Waals surface area contributed by atoms with Crippen molar-refractivity contribution in [2.24, 2.45) is 0 Å². The second kappa shape index (κ2) is 6.42. The number of aromatic amines is 1. The van der Waals surface area contributed by atoms with Crippen LogP contribution in [-0.4, -0.2) is 26.4 Å². The summed E-state index contributed by atoms with van der Waals surface area (Å²) < 4.78 is 0. The second-order valence-corrected chi connectivity index (χ2v) is 7.22. The number of aryl methyl sites for hydroxylation is 1. The fraction of sp³-hybridized carbons (Fsp3) is 0.278. The zero-order valence-corrected chi connectivity index (χ0v) is 14.8. The number of nitrogens with two attached hydrogens (primary N) is 1. The van der Waals surface area contributed by atoms with Crippen LogP contribution in [0.4, 0.5) is 5.69 Å². The number of H-pyrrole nitrogens is 1. The van der Waals surface area contributed by atoms with Gasteiger partial charge in [0.05, 0.1) is 16.9 Å². The number of aromatic nitrogens is 3. The lowest BCUT2D eigenvalue weighted by atomic mass is 10.1. The van der Waals surface area contributed by atoms with Crippen molar-refractivity contribution in [3.63, 3.8) is 0 Å². The molecule has 0 fully saturated rings. The number of nitrogen functional groups attached to an aromatic ring is 1. The molecule has 25 heavy (non-hydrogen) atoms. The maximum atomic E-state index is 12.5. The third-order valence-electron chi connectivity index (χ3n) is 4.55. The Labute approximate surface area is 149 Å². The third-order valence-corrected chi connectivity index (χ3v) is 5.47. The minimum absolute atomic E-state index is 0.0366. The molecule has 1 aliphatic rings. The van der Waals surface area contributed by atoms with Gasteiger partial charge in [0.15, 0.2) is 0 Å². The van der Waals surface area contributed by atoms with Gasteiger partial charge in [-0.1, -0.05) is 0 Å². The summed E-state index contributed by atoms with van der Waals surface area (Å²) >= 11 is 1.68. The van der Waals surface area contributed by atoms with E-state index in [9.17, 15) is 4.79 Å². The number of benzene rings is 1. The topological polar surface area (TPSA) is 87.9 Å². The normalized spacial score (nSPS) is 14.4. The summed E-state index contributed by atoms with van der Waals surface area (Å²) in [7, 11) is 0. The van der Waals surface area contributed by atoms with Gasteiger partial charge in [-0.2, -0.15) is 0 Å². The molecule has 0 radical (unpaired) electrons. The highest BCUT2D eigenvalue weighted by Crippen LogP contribution is 2.22. The Morgan fingerprint density at radius 1 is 1.32 bits per heavy atom. The molecule has 0 unspecified atom stereocenters. The monoisotopic (exact) mass is 353 g/mol. The molecule has 0 spiro atoms. The van der Waals surface area contributed by atoms with Crippen LogP contribution < -0.4 is 11.3 Å². The van der Waals surface area contributed by atoms with E-state index in [1.54, 1.807) is 11.3 Å². The van der Waals surface area contributed by atoms with Gasteiger partial charge in [0.1, 0.15) is 5.82 Å². The fourth-order valence-corrected chi connectivity index (χ4v) is 3.91. The molecule has 6 nitrogen and oxygen atoms in total. The first kappa shape index (κ1) is 16.0. The van der Waals surface area contributed by atoms with Gasteiger partial charge in [-0.3, -0.25) is 9.69 Å². The zero-order valence-electron chi connectivity index (χ0n) is 14.0. The van der Waals surface area contributed by atoms with Crippen LogP contribution in [0.5, 0.6) is 0 Å². The highest BCUT2D eigenvalue weighted by atomic mass is 32.1. The number of rotatable bonds is 3. The number of thiazole rings is 1. The van der Waals surface area contributed by atoms with E-state index in [1.807, 2.05) is 36.7 Å². The van der Waals surface area contributed by atoms with Crippen molar-refractivity contribution in [1.82, 2.24) is 19.9 Å². The Morgan fingerprint density at radius 2 is 2.12 bits per heavy atom. The van der Waals surface area contributed by atoms with Crippen LogP contribution in [0.1, 0.15) is 21.8 Å². The largest absolute Gasteiger partial charge is 0.399 e. The summed E-state index contributed by atoms with van der Waals surface area (Å²) in [5, 5.41) is 0. The maximum Gasteiger partial charge on any atom is 0.254 e. The van der Waals surface area contributed by atoms with Gasteiger partial charge in [0.2, 0.25) is 0 Å². The van der Waals surface area contributed by atoms with Gasteiger partial charge in [0, 0.05) is 41.3 Å². The molecule has 0 aliphatic carbocycles. The van der Waals surface area contributed by atoms with Crippen molar-refractivity contribution < 1.29 is 0 Å². The van der Waals surface area contributed by atoms with Crippen LogP contribution in [0.15, 0.2) is 34.6 Å². The highest BCUT2D eigenvalue weighted by molar-refractivity contribution is 7.09. The molecule has 0 bridgehead atoms. The summed E-state index contributed by atoms with van der Waals surface area (Å²) in [6, 6.07) is 7.38. The van der Waals surface area contributed by atoms with Crippen LogP contribution in [0.3, 0.4) is 0 Å². The number of hydrogen-bond acceptors (Lipinski definition) is 6. The van der Waals surface area contributed by atoms with E-state index in [4.69, 9.17) is 10.7 Å². The molecule has 128 valence electrons. The molecule has 7 heteroatoms. The van der Waals surface area contributed by atoms with Crippen LogP contribution in [0.25, 0.3) is 11.4 Å². The maximum absolute atomic E-state index is 12.5. The molecule has 1 aliphatic heterocycles. The molecule has 4 rings (SSSR count). The van der Waals surface area contributed by atoms with Crippen LogP contribution in [0, 0.1) is 6.92 Å². The molecule has 0 atom stereocenters. The minimum atomic E-state index is -0.0366. The SMILES string of the molecule is Cc1ncsc1CN1CCc2c(nc(-c3ccc(N)cc3)[nH]c2=O)C1. The number of nitrogens with one attached hydrogen (secondary N) is 1. The Balaban J connectivity index is 1.63. The van der Waals surface area contributed by atoms with E-state index >= 15 is 0 Å². The number of hydrogen-bond donors (Lipinski definition) is 2. The van der Waals surface area contributed by atoms with E-state index in [0.717, 1.165) is 42.0 Å². The Bertz CT molecular complexity index is 960. The molecule has 3 aromatic rings.